The molecular weight excluding hydrogens is 333 g/mol. The fourth-order valence-corrected chi connectivity index (χ4v) is 2.56. The molecule has 132 valence electrons. The fourth-order valence-electron chi connectivity index (χ4n) is 2.56. The van der Waals surface area contributed by atoms with Gasteiger partial charge in [-0.1, -0.05) is 36.4 Å². The first-order valence-corrected chi connectivity index (χ1v) is 8.14. The number of anilines is 1. The van der Waals surface area contributed by atoms with Crippen molar-refractivity contribution in [2.24, 2.45) is 0 Å². The number of carboxylic acid groups (broad SMARTS) is 1. The highest BCUT2D eigenvalue weighted by molar-refractivity contribution is 5.68. The zero-order valence-corrected chi connectivity index (χ0v) is 14.0. The van der Waals surface area contributed by atoms with E-state index in [0.29, 0.717) is 17.9 Å². The summed E-state index contributed by atoms with van der Waals surface area (Å²) >= 11 is 0. The molecule has 0 heterocycles. The highest BCUT2D eigenvalue weighted by Gasteiger charge is 2.05. The molecule has 5 heteroatoms. The molecule has 3 rings (SSSR count). The van der Waals surface area contributed by atoms with Gasteiger partial charge in [0, 0.05) is 17.8 Å². The van der Waals surface area contributed by atoms with Gasteiger partial charge in [0.05, 0.1) is 0 Å². The Morgan fingerprint density at radius 3 is 2.50 bits per heavy atom. The third-order valence-corrected chi connectivity index (χ3v) is 3.83. The first kappa shape index (κ1) is 17.5. The van der Waals surface area contributed by atoms with Gasteiger partial charge in [0.15, 0.2) is 6.61 Å². The van der Waals surface area contributed by atoms with Crippen molar-refractivity contribution < 1.29 is 19.0 Å². The van der Waals surface area contributed by atoms with Crippen molar-refractivity contribution in [1.82, 2.24) is 0 Å². The summed E-state index contributed by atoms with van der Waals surface area (Å²) in [6.07, 6.45) is 0. The van der Waals surface area contributed by atoms with Crippen LogP contribution in [0.15, 0.2) is 72.8 Å². The number of carbonyl (C=O) groups is 1. The Labute approximate surface area is 150 Å². The van der Waals surface area contributed by atoms with Gasteiger partial charge in [-0.15, -0.1) is 0 Å². The number of nitrogens with one attached hydrogen (secondary N) is 1. The van der Waals surface area contributed by atoms with Gasteiger partial charge in [0.2, 0.25) is 0 Å². The van der Waals surface area contributed by atoms with Crippen LogP contribution in [0.2, 0.25) is 0 Å². The fraction of sp³-hybridized carbons (Fsp3) is 0.0952. The van der Waals surface area contributed by atoms with Crippen LogP contribution in [0.1, 0.15) is 5.56 Å². The van der Waals surface area contributed by atoms with Crippen molar-refractivity contribution in [3.05, 3.63) is 84.2 Å². The summed E-state index contributed by atoms with van der Waals surface area (Å²) in [5, 5.41) is 11.9. The molecule has 0 saturated carbocycles. The van der Waals surface area contributed by atoms with Crippen molar-refractivity contribution in [2.45, 2.75) is 6.54 Å². The molecule has 0 bridgehead atoms. The third kappa shape index (κ3) is 4.60. The van der Waals surface area contributed by atoms with Crippen LogP contribution in [0, 0.1) is 5.82 Å². The summed E-state index contributed by atoms with van der Waals surface area (Å²) in [5.41, 5.74) is 3.31. The minimum absolute atomic E-state index is 0.241. The van der Waals surface area contributed by atoms with Gasteiger partial charge in [0.25, 0.3) is 0 Å². The lowest BCUT2D eigenvalue weighted by molar-refractivity contribution is -0.139. The first-order chi connectivity index (χ1) is 12.6. The lowest BCUT2D eigenvalue weighted by atomic mass is 10.0. The second kappa shape index (κ2) is 8.16. The Morgan fingerprint density at radius 2 is 1.77 bits per heavy atom. The number of halogens is 1. The highest BCUT2D eigenvalue weighted by atomic mass is 19.1. The first-order valence-electron chi connectivity index (χ1n) is 8.14. The molecule has 3 aromatic carbocycles. The number of benzene rings is 3. The molecule has 2 N–H and O–H groups in total. The van der Waals surface area contributed by atoms with Crippen LogP contribution in [-0.2, 0) is 11.3 Å². The molecule has 0 fully saturated rings. The van der Waals surface area contributed by atoms with Crippen LogP contribution in [0.4, 0.5) is 10.1 Å². The maximum absolute atomic E-state index is 13.9. The lowest BCUT2D eigenvalue weighted by Gasteiger charge is -2.10. The van der Waals surface area contributed by atoms with Gasteiger partial charge in [-0.25, -0.2) is 9.18 Å². The maximum Gasteiger partial charge on any atom is 0.341 e. The van der Waals surface area contributed by atoms with Crippen molar-refractivity contribution in [3.8, 4) is 16.9 Å². The van der Waals surface area contributed by atoms with Crippen LogP contribution in [0.5, 0.6) is 5.75 Å². The van der Waals surface area contributed by atoms with E-state index >= 15 is 0 Å². The van der Waals surface area contributed by atoms with Crippen LogP contribution in [0.3, 0.4) is 0 Å². The monoisotopic (exact) mass is 351 g/mol. The van der Waals surface area contributed by atoms with Gasteiger partial charge in [0.1, 0.15) is 11.6 Å². The minimum Gasteiger partial charge on any atom is -0.482 e. The normalized spacial score (nSPS) is 10.3. The molecule has 0 aromatic heterocycles. The highest BCUT2D eigenvalue weighted by Crippen LogP contribution is 2.24. The Bertz CT molecular complexity index is 894. The standard InChI is InChI=1S/C21H18FNO3/c22-20-7-2-1-6-19(20)16-5-3-4-15(12-16)13-23-17-8-10-18(11-9-17)26-14-21(24)25/h1-12,23H,13-14H2,(H,24,25). The van der Waals surface area contributed by atoms with Gasteiger partial charge in [-0.3, -0.25) is 0 Å². The van der Waals surface area contributed by atoms with E-state index in [1.54, 1.807) is 24.3 Å². The van der Waals surface area contributed by atoms with E-state index in [1.165, 1.54) is 6.07 Å². The van der Waals surface area contributed by atoms with Gasteiger partial charge >= 0.3 is 5.97 Å². The zero-order chi connectivity index (χ0) is 18.4. The molecule has 0 spiro atoms. The predicted octanol–water partition coefficient (Wildman–Crippen LogP) is 4.57. The predicted molar refractivity (Wildman–Crippen MR) is 98.7 cm³/mol. The largest absolute Gasteiger partial charge is 0.482 e. The number of rotatable bonds is 7. The number of ether oxygens (including phenoxy) is 1. The van der Waals surface area contributed by atoms with Gasteiger partial charge in [-0.05, 0) is 47.5 Å². The third-order valence-electron chi connectivity index (χ3n) is 3.83. The molecule has 0 amide bonds. The summed E-state index contributed by atoms with van der Waals surface area (Å²) < 4.78 is 19.0. The van der Waals surface area contributed by atoms with E-state index < -0.39 is 5.97 Å². The van der Waals surface area contributed by atoms with Crippen molar-refractivity contribution in [1.29, 1.82) is 0 Å². The minimum atomic E-state index is -1.01. The lowest BCUT2D eigenvalue weighted by Crippen LogP contribution is -2.09. The average molecular weight is 351 g/mol. The SMILES string of the molecule is O=C(O)COc1ccc(NCc2cccc(-c3ccccc3F)c2)cc1. The van der Waals surface area contributed by atoms with Crippen molar-refractivity contribution in [3.63, 3.8) is 0 Å². The van der Waals surface area contributed by atoms with E-state index in [0.717, 1.165) is 16.8 Å². The van der Waals surface area contributed by atoms with Crippen LogP contribution in [0.25, 0.3) is 11.1 Å². The number of hydrogen-bond acceptors (Lipinski definition) is 3. The average Bonchev–Trinajstić information content (AvgIpc) is 2.66. The number of carboxylic acids is 1. The van der Waals surface area contributed by atoms with Gasteiger partial charge in [-0.2, -0.15) is 0 Å². The van der Waals surface area contributed by atoms with E-state index in [1.807, 2.05) is 42.5 Å². The van der Waals surface area contributed by atoms with E-state index in [4.69, 9.17) is 9.84 Å². The maximum atomic E-state index is 13.9. The summed E-state index contributed by atoms with van der Waals surface area (Å²) in [7, 11) is 0. The molecule has 0 aliphatic rings. The summed E-state index contributed by atoms with van der Waals surface area (Å²) in [6, 6.07) is 21.5. The molecule has 0 radical (unpaired) electrons. The van der Waals surface area contributed by atoms with Crippen molar-refractivity contribution >= 4 is 11.7 Å². The summed E-state index contributed by atoms with van der Waals surface area (Å²) in [5.74, 6) is -0.754. The van der Waals surface area contributed by atoms with E-state index in [2.05, 4.69) is 5.32 Å². The Balaban J connectivity index is 1.64. The van der Waals surface area contributed by atoms with Crippen LogP contribution < -0.4 is 10.1 Å². The number of hydrogen-bond donors (Lipinski definition) is 2. The number of aliphatic carboxylic acids is 1. The summed E-state index contributed by atoms with van der Waals surface area (Å²) in [4.78, 5) is 10.5. The molecule has 0 aliphatic carbocycles. The Morgan fingerprint density at radius 1 is 1.00 bits per heavy atom. The van der Waals surface area contributed by atoms with Crippen molar-refractivity contribution in [2.75, 3.05) is 11.9 Å². The smallest absolute Gasteiger partial charge is 0.341 e. The topological polar surface area (TPSA) is 58.6 Å². The molecule has 0 unspecified atom stereocenters. The second-order valence-electron chi connectivity index (χ2n) is 5.74. The molecule has 0 saturated heterocycles. The summed E-state index contributed by atoms with van der Waals surface area (Å²) in [6.45, 7) is 0.216. The molecular formula is C21H18FNO3. The van der Waals surface area contributed by atoms with E-state index in [9.17, 15) is 9.18 Å². The molecule has 3 aromatic rings. The molecule has 4 nitrogen and oxygen atoms in total. The zero-order valence-electron chi connectivity index (χ0n) is 14.0. The van der Waals surface area contributed by atoms with Crippen LogP contribution >= 0.6 is 0 Å². The molecule has 26 heavy (non-hydrogen) atoms. The van der Waals surface area contributed by atoms with E-state index in [-0.39, 0.29) is 12.4 Å². The second-order valence-corrected chi connectivity index (χ2v) is 5.74. The molecule has 0 aliphatic heterocycles. The Kier molecular flexibility index (Phi) is 5.49. The Hall–Kier alpha value is -3.34. The van der Waals surface area contributed by atoms with Crippen LogP contribution in [-0.4, -0.2) is 17.7 Å². The van der Waals surface area contributed by atoms with Gasteiger partial charge < -0.3 is 15.2 Å². The molecule has 0 atom stereocenters. The quantitative estimate of drug-likeness (QED) is 0.655.